The average molecular weight is 1150 g/mol. The van der Waals surface area contributed by atoms with Crippen LogP contribution in [0.1, 0.15) is 400 Å². The van der Waals surface area contributed by atoms with Gasteiger partial charge >= 0.3 is 17.9 Å². The zero-order valence-electron chi connectivity index (χ0n) is 55.3. The number of ether oxygens (including phenoxy) is 3. The number of carbonyl (C=O) groups excluding carboxylic acids is 3. The molecule has 0 radical (unpaired) electrons. The van der Waals surface area contributed by atoms with E-state index in [4.69, 9.17) is 14.2 Å². The number of allylic oxidation sites excluding steroid dienone is 8. The van der Waals surface area contributed by atoms with Crippen LogP contribution in [-0.4, -0.2) is 37.2 Å². The Balaban J connectivity index is 4.07. The number of hydrogen-bond acceptors (Lipinski definition) is 6. The van der Waals surface area contributed by atoms with Crippen LogP contribution in [0.15, 0.2) is 48.6 Å². The van der Waals surface area contributed by atoms with Crippen LogP contribution in [0.4, 0.5) is 0 Å². The van der Waals surface area contributed by atoms with Crippen molar-refractivity contribution >= 4 is 17.9 Å². The molecule has 0 saturated heterocycles. The molecule has 0 rings (SSSR count). The van der Waals surface area contributed by atoms with Crippen molar-refractivity contribution < 1.29 is 28.6 Å². The SMILES string of the molecule is CCCC/C=C\CCCCCCCC(=O)OCC(COC(=O)CCCCCCCCCCCCCCCCCCCCCCCCCCCCCCCCCCCC)OC(=O)CCCCCCCC/C=C\C/C=C\C/C=C\CCCCC. The van der Waals surface area contributed by atoms with Gasteiger partial charge in [0.2, 0.25) is 0 Å². The van der Waals surface area contributed by atoms with Gasteiger partial charge < -0.3 is 14.2 Å². The lowest BCUT2D eigenvalue weighted by Gasteiger charge is -2.18. The van der Waals surface area contributed by atoms with Gasteiger partial charge in [-0.3, -0.25) is 14.4 Å². The summed E-state index contributed by atoms with van der Waals surface area (Å²) in [5.41, 5.74) is 0. The molecule has 0 bridgehead atoms. The number of carbonyl (C=O) groups is 3. The quantitative estimate of drug-likeness (QED) is 0.0261. The molecule has 0 aliphatic rings. The second kappa shape index (κ2) is 70.9. The molecule has 0 aromatic rings. The van der Waals surface area contributed by atoms with Crippen LogP contribution in [0, 0.1) is 0 Å². The van der Waals surface area contributed by atoms with Gasteiger partial charge in [-0.2, -0.15) is 0 Å². The summed E-state index contributed by atoms with van der Waals surface area (Å²) in [6.07, 6.45) is 90.3. The van der Waals surface area contributed by atoms with E-state index in [9.17, 15) is 14.4 Å². The summed E-state index contributed by atoms with van der Waals surface area (Å²) < 4.78 is 16.9. The smallest absolute Gasteiger partial charge is 0.306 e. The van der Waals surface area contributed by atoms with E-state index >= 15 is 0 Å². The molecule has 0 aliphatic heterocycles. The predicted octanol–water partition coefficient (Wildman–Crippen LogP) is 25.3. The molecule has 480 valence electrons. The second-order valence-electron chi connectivity index (χ2n) is 24.9. The van der Waals surface area contributed by atoms with Gasteiger partial charge in [0.15, 0.2) is 6.10 Å². The van der Waals surface area contributed by atoms with Crippen molar-refractivity contribution in [3.05, 3.63) is 48.6 Å². The van der Waals surface area contributed by atoms with Crippen LogP contribution in [0.25, 0.3) is 0 Å². The molecule has 0 aromatic heterocycles. The first-order chi connectivity index (χ1) is 40.5. The maximum absolute atomic E-state index is 12.9. The van der Waals surface area contributed by atoms with Crippen molar-refractivity contribution in [3.8, 4) is 0 Å². The summed E-state index contributed by atoms with van der Waals surface area (Å²) in [5, 5.41) is 0. The van der Waals surface area contributed by atoms with Crippen LogP contribution >= 0.6 is 0 Å². The summed E-state index contributed by atoms with van der Waals surface area (Å²) >= 11 is 0. The Kier molecular flexibility index (Phi) is 68.6. The molecule has 0 aromatic carbocycles. The Morgan fingerprint density at radius 2 is 0.451 bits per heavy atom. The maximum atomic E-state index is 12.9. The van der Waals surface area contributed by atoms with Gasteiger partial charge in [-0.1, -0.05) is 352 Å². The lowest BCUT2D eigenvalue weighted by atomic mass is 10.0. The third kappa shape index (κ3) is 68.2. The van der Waals surface area contributed by atoms with Gasteiger partial charge in [-0.15, -0.1) is 0 Å². The fourth-order valence-electron chi connectivity index (χ4n) is 11.0. The van der Waals surface area contributed by atoms with Crippen LogP contribution in [0.5, 0.6) is 0 Å². The highest BCUT2D eigenvalue weighted by Gasteiger charge is 2.19. The Morgan fingerprint density at radius 3 is 0.756 bits per heavy atom. The third-order valence-electron chi connectivity index (χ3n) is 16.6. The van der Waals surface area contributed by atoms with Gasteiger partial charge in [0.05, 0.1) is 0 Å². The fourth-order valence-corrected chi connectivity index (χ4v) is 11.0. The molecule has 0 aliphatic carbocycles. The summed E-state index contributed by atoms with van der Waals surface area (Å²) in [5.74, 6) is -0.878. The van der Waals surface area contributed by atoms with Gasteiger partial charge in [-0.25, -0.2) is 0 Å². The second-order valence-corrected chi connectivity index (χ2v) is 24.9. The number of esters is 3. The Bertz CT molecular complexity index is 1410. The molecule has 0 amide bonds. The lowest BCUT2D eigenvalue weighted by molar-refractivity contribution is -0.167. The molecular weight excluding hydrogens is 1010 g/mol. The Morgan fingerprint density at radius 1 is 0.244 bits per heavy atom. The van der Waals surface area contributed by atoms with Crippen LogP contribution in [0.2, 0.25) is 0 Å². The molecule has 1 atom stereocenters. The first-order valence-electron chi connectivity index (χ1n) is 36.6. The highest BCUT2D eigenvalue weighted by molar-refractivity contribution is 5.71. The van der Waals surface area contributed by atoms with Crippen LogP contribution < -0.4 is 0 Å². The van der Waals surface area contributed by atoms with Crippen molar-refractivity contribution in [2.45, 2.75) is 406 Å². The van der Waals surface area contributed by atoms with Crippen molar-refractivity contribution in [3.63, 3.8) is 0 Å². The highest BCUT2D eigenvalue weighted by Crippen LogP contribution is 2.19. The Hall–Kier alpha value is -2.63. The monoisotopic (exact) mass is 1150 g/mol. The summed E-state index contributed by atoms with van der Waals surface area (Å²) in [6, 6.07) is 0. The molecule has 0 heterocycles. The van der Waals surface area contributed by atoms with Gasteiger partial charge in [0.25, 0.3) is 0 Å². The molecule has 82 heavy (non-hydrogen) atoms. The summed E-state index contributed by atoms with van der Waals surface area (Å²) in [6.45, 7) is 6.62. The normalized spacial score (nSPS) is 12.3. The van der Waals surface area contributed by atoms with E-state index in [2.05, 4.69) is 69.4 Å². The minimum Gasteiger partial charge on any atom is -0.462 e. The third-order valence-corrected chi connectivity index (χ3v) is 16.6. The van der Waals surface area contributed by atoms with Crippen LogP contribution in [0.3, 0.4) is 0 Å². The Labute approximate surface area is 511 Å². The van der Waals surface area contributed by atoms with Crippen LogP contribution in [-0.2, 0) is 28.6 Å². The van der Waals surface area contributed by atoms with E-state index < -0.39 is 6.10 Å². The van der Waals surface area contributed by atoms with E-state index in [-0.39, 0.29) is 31.1 Å². The number of hydrogen-bond donors (Lipinski definition) is 0. The minimum absolute atomic E-state index is 0.0777. The highest BCUT2D eigenvalue weighted by atomic mass is 16.6. The molecule has 0 N–H and O–H groups in total. The molecule has 0 fully saturated rings. The maximum Gasteiger partial charge on any atom is 0.306 e. The fraction of sp³-hybridized carbons (Fsp3) is 0.855. The molecule has 6 nitrogen and oxygen atoms in total. The predicted molar refractivity (Wildman–Crippen MR) is 358 cm³/mol. The molecule has 0 saturated carbocycles. The molecular formula is C76H140O6. The topological polar surface area (TPSA) is 78.9 Å². The largest absolute Gasteiger partial charge is 0.462 e. The van der Waals surface area contributed by atoms with Crippen molar-refractivity contribution in [2.75, 3.05) is 13.2 Å². The standard InChI is InChI=1S/C76H140O6/c1-4-7-10-13-16-19-22-24-26-28-30-31-32-33-34-35-36-37-38-39-40-41-42-43-44-46-47-49-51-54-57-60-63-66-69-75(78)81-72-73(71-80-74(77)68-65-62-59-56-53-21-18-15-12-9-6-3)82-76(79)70-67-64-61-58-55-52-50-48-45-29-27-25-23-20-17-14-11-8-5-2/h15,17-18,20,25,27,45,48,73H,4-14,16,19,21-24,26,28-44,46-47,49-72H2,1-3H3/b18-15-,20-17-,27-25-,48-45-. The summed E-state index contributed by atoms with van der Waals surface area (Å²) in [4.78, 5) is 38.3. The molecule has 1 unspecified atom stereocenters. The van der Waals surface area contributed by atoms with E-state index in [1.165, 1.54) is 270 Å². The van der Waals surface area contributed by atoms with Gasteiger partial charge in [0.1, 0.15) is 13.2 Å². The van der Waals surface area contributed by atoms with E-state index in [0.717, 1.165) is 89.9 Å². The van der Waals surface area contributed by atoms with E-state index in [1.54, 1.807) is 0 Å². The first-order valence-corrected chi connectivity index (χ1v) is 36.6. The summed E-state index contributed by atoms with van der Waals surface area (Å²) in [7, 11) is 0. The minimum atomic E-state index is -0.783. The zero-order chi connectivity index (χ0) is 59.2. The van der Waals surface area contributed by atoms with Crippen molar-refractivity contribution in [2.24, 2.45) is 0 Å². The lowest BCUT2D eigenvalue weighted by Crippen LogP contribution is -2.30. The number of rotatable bonds is 68. The number of unbranched alkanes of at least 4 members (excludes halogenated alkanes) is 49. The zero-order valence-corrected chi connectivity index (χ0v) is 55.3. The van der Waals surface area contributed by atoms with E-state index in [1.807, 2.05) is 0 Å². The van der Waals surface area contributed by atoms with Crippen molar-refractivity contribution in [1.29, 1.82) is 0 Å². The molecule has 6 heteroatoms. The average Bonchev–Trinajstić information content (AvgIpc) is 3.48. The first kappa shape index (κ1) is 79.4. The van der Waals surface area contributed by atoms with Gasteiger partial charge in [0, 0.05) is 19.3 Å². The molecule has 0 spiro atoms. The van der Waals surface area contributed by atoms with E-state index in [0.29, 0.717) is 19.3 Å². The van der Waals surface area contributed by atoms with Crippen molar-refractivity contribution in [1.82, 2.24) is 0 Å². The van der Waals surface area contributed by atoms with Gasteiger partial charge in [-0.05, 0) is 77.0 Å².